The summed E-state index contributed by atoms with van der Waals surface area (Å²) in [6, 6.07) is 17.2. The monoisotopic (exact) mass is 378 g/mol. The van der Waals surface area contributed by atoms with Crippen LogP contribution in [0.15, 0.2) is 42.5 Å². The molecule has 2 aromatic carbocycles. The van der Waals surface area contributed by atoms with E-state index in [9.17, 15) is 10.1 Å². The molecule has 0 aromatic heterocycles. The number of nitrogens with one attached hydrogen (secondary N) is 1. The van der Waals surface area contributed by atoms with Crippen molar-refractivity contribution in [1.29, 1.82) is 5.26 Å². The minimum absolute atomic E-state index is 0.0685. The second-order valence-corrected chi connectivity index (χ2v) is 8.21. The third kappa shape index (κ3) is 4.70. The maximum atomic E-state index is 12.4. The Morgan fingerprint density at radius 2 is 1.75 bits per heavy atom. The summed E-state index contributed by atoms with van der Waals surface area (Å²) in [5.41, 5.74) is 0.541. The number of nitrogens with zero attached hydrogens (tertiary/aromatic N) is 3. The van der Waals surface area contributed by atoms with E-state index in [2.05, 4.69) is 63.7 Å². The number of benzene rings is 2. The molecule has 1 N–H and O–H groups in total. The fourth-order valence-corrected chi connectivity index (χ4v) is 3.61. The predicted octanol–water partition coefficient (Wildman–Crippen LogP) is 3.01. The zero-order valence-electron chi connectivity index (χ0n) is 17.1. The Hall–Kier alpha value is -2.42. The molecule has 0 unspecified atom stereocenters. The molecule has 1 aliphatic rings. The number of carbonyl (C=O) groups is 1. The highest BCUT2D eigenvalue weighted by Crippen LogP contribution is 2.20. The molecule has 148 valence electrons. The molecule has 0 spiro atoms. The summed E-state index contributed by atoms with van der Waals surface area (Å²) in [5, 5.41) is 14.9. The van der Waals surface area contributed by atoms with Crippen LogP contribution in [0.5, 0.6) is 0 Å². The average Bonchev–Trinajstić information content (AvgIpc) is 2.69. The maximum Gasteiger partial charge on any atom is 0.235 e. The van der Waals surface area contributed by atoms with E-state index in [4.69, 9.17) is 0 Å². The lowest BCUT2D eigenvalue weighted by atomic mass is 9.90. The lowest BCUT2D eigenvalue weighted by Crippen LogP contribution is -2.54. The molecular weight excluding hydrogens is 348 g/mol. The summed E-state index contributed by atoms with van der Waals surface area (Å²) in [6.07, 6.45) is 0. The number of piperazine rings is 1. The normalized spacial score (nSPS) is 18.0. The highest BCUT2D eigenvalue weighted by Gasteiger charge is 2.30. The van der Waals surface area contributed by atoms with Crippen LogP contribution in [0.25, 0.3) is 10.8 Å². The van der Waals surface area contributed by atoms with Crippen molar-refractivity contribution in [3.63, 3.8) is 0 Å². The Balaban J connectivity index is 1.52. The van der Waals surface area contributed by atoms with Crippen LogP contribution in [0.4, 0.5) is 0 Å². The first-order valence-electron chi connectivity index (χ1n) is 10.0. The van der Waals surface area contributed by atoms with Gasteiger partial charge in [-0.05, 0) is 29.2 Å². The van der Waals surface area contributed by atoms with Crippen LogP contribution in [-0.4, -0.2) is 54.0 Å². The largest absolute Gasteiger partial charge is 0.337 e. The van der Waals surface area contributed by atoms with Crippen molar-refractivity contribution < 1.29 is 4.79 Å². The van der Waals surface area contributed by atoms with Crippen LogP contribution in [0.2, 0.25) is 0 Å². The molecule has 1 amide bonds. The van der Waals surface area contributed by atoms with Gasteiger partial charge < -0.3 is 5.32 Å². The van der Waals surface area contributed by atoms with E-state index in [0.717, 1.165) is 32.7 Å². The summed E-state index contributed by atoms with van der Waals surface area (Å²) >= 11 is 0. The van der Waals surface area contributed by atoms with Gasteiger partial charge in [0.2, 0.25) is 5.91 Å². The Bertz CT molecular complexity index is 859. The van der Waals surface area contributed by atoms with Crippen molar-refractivity contribution in [2.45, 2.75) is 32.9 Å². The van der Waals surface area contributed by atoms with E-state index in [1.807, 2.05) is 13.8 Å². The van der Waals surface area contributed by atoms with Crippen molar-refractivity contribution in [2.24, 2.45) is 5.92 Å². The van der Waals surface area contributed by atoms with Gasteiger partial charge in [-0.1, -0.05) is 56.3 Å². The molecule has 0 saturated carbocycles. The quantitative estimate of drug-likeness (QED) is 0.839. The topological polar surface area (TPSA) is 59.4 Å². The van der Waals surface area contributed by atoms with Crippen molar-refractivity contribution in [1.82, 2.24) is 15.1 Å². The smallest absolute Gasteiger partial charge is 0.235 e. The minimum Gasteiger partial charge on any atom is -0.337 e. The molecule has 1 fully saturated rings. The first-order chi connectivity index (χ1) is 13.4. The zero-order chi connectivity index (χ0) is 20.1. The minimum atomic E-state index is -0.812. The number of hydrogen-bond donors (Lipinski definition) is 1. The third-order valence-electron chi connectivity index (χ3n) is 5.89. The van der Waals surface area contributed by atoms with Crippen LogP contribution in [0.1, 0.15) is 26.3 Å². The molecule has 1 heterocycles. The maximum absolute atomic E-state index is 12.4. The summed E-state index contributed by atoms with van der Waals surface area (Å²) in [4.78, 5) is 17.0. The number of fused-ring (bicyclic) bond motifs is 1. The van der Waals surface area contributed by atoms with Crippen LogP contribution < -0.4 is 5.32 Å². The summed E-state index contributed by atoms with van der Waals surface area (Å²) in [7, 11) is 0. The second-order valence-electron chi connectivity index (χ2n) is 8.21. The van der Waals surface area contributed by atoms with Crippen molar-refractivity contribution in [3.8, 4) is 6.07 Å². The van der Waals surface area contributed by atoms with Gasteiger partial charge in [-0.2, -0.15) is 5.26 Å². The lowest BCUT2D eigenvalue weighted by Gasteiger charge is -2.35. The van der Waals surface area contributed by atoms with Crippen LogP contribution in [-0.2, 0) is 11.3 Å². The Kier molecular flexibility index (Phi) is 6.33. The van der Waals surface area contributed by atoms with Crippen molar-refractivity contribution >= 4 is 16.7 Å². The lowest BCUT2D eigenvalue weighted by molar-refractivity contribution is -0.124. The van der Waals surface area contributed by atoms with E-state index >= 15 is 0 Å². The summed E-state index contributed by atoms with van der Waals surface area (Å²) < 4.78 is 0. The van der Waals surface area contributed by atoms with Gasteiger partial charge in [0, 0.05) is 32.7 Å². The van der Waals surface area contributed by atoms with Gasteiger partial charge >= 0.3 is 0 Å². The van der Waals surface area contributed by atoms with Gasteiger partial charge in [0.05, 0.1) is 12.6 Å². The van der Waals surface area contributed by atoms with E-state index in [1.165, 1.54) is 16.3 Å². The molecule has 2 aromatic rings. The number of hydrogen-bond acceptors (Lipinski definition) is 4. The first kappa shape index (κ1) is 20.3. The van der Waals surface area contributed by atoms with Gasteiger partial charge in [0.1, 0.15) is 5.54 Å². The third-order valence-corrected chi connectivity index (χ3v) is 5.89. The zero-order valence-corrected chi connectivity index (χ0v) is 17.1. The Labute approximate surface area is 167 Å². The van der Waals surface area contributed by atoms with Gasteiger partial charge in [-0.3, -0.25) is 14.6 Å². The van der Waals surface area contributed by atoms with Crippen molar-refractivity contribution in [2.75, 3.05) is 32.7 Å². The molecule has 0 bridgehead atoms. The fourth-order valence-electron chi connectivity index (χ4n) is 3.61. The molecule has 1 atom stereocenters. The van der Waals surface area contributed by atoms with E-state index in [1.54, 1.807) is 6.92 Å². The highest BCUT2D eigenvalue weighted by atomic mass is 16.2. The number of nitriles is 1. The summed E-state index contributed by atoms with van der Waals surface area (Å²) in [5.74, 6) is -0.000698. The molecule has 0 aliphatic carbocycles. The van der Waals surface area contributed by atoms with Crippen LogP contribution in [0.3, 0.4) is 0 Å². The summed E-state index contributed by atoms with van der Waals surface area (Å²) in [6.45, 7) is 10.6. The molecule has 5 heteroatoms. The number of amides is 1. The molecule has 3 rings (SSSR count). The van der Waals surface area contributed by atoms with Gasteiger partial charge in [0.25, 0.3) is 0 Å². The highest BCUT2D eigenvalue weighted by molar-refractivity contribution is 5.85. The van der Waals surface area contributed by atoms with E-state index in [0.29, 0.717) is 6.54 Å². The average molecular weight is 379 g/mol. The molecule has 1 aliphatic heterocycles. The molecular formula is C23H30N4O. The van der Waals surface area contributed by atoms with E-state index < -0.39 is 5.54 Å². The molecule has 0 radical (unpaired) electrons. The first-order valence-corrected chi connectivity index (χ1v) is 10.0. The van der Waals surface area contributed by atoms with Crippen LogP contribution >= 0.6 is 0 Å². The SMILES string of the molecule is CC(C)[C@](C)(C#N)NC(=O)CN1CCN(Cc2cccc3ccccc23)CC1. The molecule has 5 nitrogen and oxygen atoms in total. The van der Waals surface area contributed by atoms with Gasteiger partial charge in [-0.25, -0.2) is 0 Å². The fraction of sp³-hybridized carbons (Fsp3) is 0.478. The standard InChI is InChI=1S/C23H30N4O/c1-18(2)23(3,17-24)25-22(28)16-27-13-11-26(12-14-27)15-20-9-6-8-19-7-4-5-10-21(19)20/h4-10,18H,11-16H2,1-3H3,(H,25,28)/t23-/m0/s1. The molecule has 28 heavy (non-hydrogen) atoms. The Morgan fingerprint density at radius 3 is 2.43 bits per heavy atom. The second kappa shape index (κ2) is 8.72. The van der Waals surface area contributed by atoms with Crippen LogP contribution in [0, 0.1) is 17.2 Å². The molecule has 1 saturated heterocycles. The van der Waals surface area contributed by atoms with Crippen molar-refractivity contribution in [3.05, 3.63) is 48.0 Å². The number of rotatable bonds is 6. The van der Waals surface area contributed by atoms with Gasteiger partial charge in [0.15, 0.2) is 0 Å². The predicted molar refractivity (Wildman–Crippen MR) is 113 cm³/mol. The van der Waals surface area contributed by atoms with E-state index in [-0.39, 0.29) is 11.8 Å². The van der Waals surface area contributed by atoms with Gasteiger partial charge in [-0.15, -0.1) is 0 Å². The Morgan fingerprint density at radius 1 is 1.11 bits per heavy atom. The number of carbonyl (C=O) groups excluding carboxylic acids is 1.